The normalized spacial score (nSPS) is 49.4. The van der Waals surface area contributed by atoms with Crippen molar-refractivity contribution < 1.29 is 19.1 Å². The second-order valence-corrected chi connectivity index (χ2v) is 15.7. The van der Waals surface area contributed by atoms with Crippen molar-refractivity contribution in [3.63, 3.8) is 0 Å². The average molecular weight is 558 g/mol. The van der Waals surface area contributed by atoms with Crippen LogP contribution in [-0.2, 0) is 20.9 Å². The second-order valence-electron chi connectivity index (χ2n) is 15.7. The molecule has 0 bridgehead atoms. The van der Waals surface area contributed by atoms with E-state index in [4.69, 9.17) is 9.47 Å². The first-order valence-electron chi connectivity index (χ1n) is 16.5. The molecule has 1 aromatic rings. The summed E-state index contributed by atoms with van der Waals surface area (Å²) in [5.74, 6) is 3.29. The van der Waals surface area contributed by atoms with Crippen molar-refractivity contribution >= 4 is 11.9 Å². The first-order valence-corrected chi connectivity index (χ1v) is 16.5. The van der Waals surface area contributed by atoms with Crippen LogP contribution in [-0.4, -0.2) is 41.1 Å². The fraction of sp³-hybridized carbons (Fsp3) is 0.722. The maximum atomic E-state index is 13.6. The Labute approximate surface area is 245 Å². The number of nitrogens with zero attached hydrogens (tertiary/aromatic N) is 1. The Bertz CT molecular complexity index is 1310. The first kappa shape index (κ1) is 26.5. The summed E-state index contributed by atoms with van der Waals surface area (Å²) in [4.78, 5) is 28.0. The minimum atomic E-state index is -0.182. The summed E-state index contributed by atoms with van der Waals surface area (Å²) >= 11 is 0. The molecule has 1 aromatic carbocycles. The number of allylic oxidation sites excluding steroid dienone is 2. The van der Waals surface area contributed by atoms with Crippen molar-refractivity contribution in [2.75, 3.05) is 6.54 Å². The van der Waals surface area contributed by atoms with Gasteiger partial charge < -0.3 is 14.4 Å². The SMILES string of the molecule is CC1C[C@H]2O[C@]3(CC[C@H]4C5CCC6=CC(=O)CC[C@]6(C)[C@H]5C[C@@]45C[C@]53C)[C@H](C)[C@@H]2N(C(=O)OCc2ccccc2)C1. The Morgan fingerprint density at radius 3 is 2.68 bits per heavy atom. The quantitative estimate of drug-likeness (QED) is 0.382. The van der Waals surface area contributed by atoms with E-state index in [9.17, 15) is 9.59 Å². The molecule has 2 heterocycles. The Balaban J connectivity index is 1.07. The van der Waals surface area contributed by atoms with E-state index < -0.39 is 0 Å². The van der Waals surface area contributed by atoms with Crippen molar-refractivity contribution in [3.05, 3.63) is 47.5 Å². The molecule has 6 fully saturated rings. The summed E-state index contributed by atoms with van der Waals surface area (Å²) < 4.78 is 13.3. The average Bonchev–Trinajstić information content (AvgIpc) is 3.30. The van der Waals surface area contributed by atoms with Gasteiger partial charge in [-0.15, -0.1) is 0 Å². The lowest BCUT2D eigenvalue weighted by Gasteiger charge is -2.50. The summed E-state index contributed by atoms with van der Waals surface area (Å²) in [7, 11) is 0. The number of amides is 1. The van der Waals surface area contributed by atoms with Crippen LogP contribution in [0.4, 0.5) is 4.79 Å². The zero-order chi connectivity index (χ0) is 28.4. The molecule has 4 saturated carbocycles. The summed E-state index contributed by atoms with van der Waals surface area (Å²) in [6.07, 6.45) is 12.0. The van der Waals surface area contributed by atoms with E-state index >= 15 is 0 Å². The van der Waals surface area contributed by atoms with Gasteiger partial charge in [0.2, 0.25) is 0 Å². The van der Waals surface area contributed by atoms with Gasteiger partial charge in [-0.25, -0.2) is 4.79 Å². The lowest BCUT2D eigenvalue weighted by Crippen LogP contribution is -2.56. The molecule has 2 spiro atoms. The molecule has 11 atom stereocenters. The first-order chi connectivity index (χ1) is 19.6. The van der Waals surface area contributed by atoms with Crippen LogP contribution in [0, 0.1) is 45.8 Å². The van der Waals surface area contributed by atoms with Crippen molar-refractivity contribution in [1.29, 1.82) is 0 Å². The van der Waals surface area contributed by atoms with E-state index in [1.165, 1.54) is 31.3 Å². The zero-order valence-electron chi connectivity index (χ0n) is 25.4. The highest BCUT2D eigenvalue weighted by atomic mass is 16.6. The molecule has 5 heteroatoms. The van der Waals surface area contributed by atoms with Gasteiger partial charge >= 0.3 is 6.09 Å². The number of likely N-dealkylation sites (tertiary alicyclic amines) is 1. The number of ether oxygens (including phenoxy) is 2. The molecule has 7 aliphatic rings. The van der Waals surface area contributed by atoms with Gasteiger partial charge in [-0.05, 0) is 97.5 Å². The van der Waals surface area contributed by atoms with E-state index in [1.807, 2.05) is 36.4 Å². The predicted molar refractivity (Wildman–Crippen MR) is 157 cm³/mol. The molecule has 8 rings (SSSR count). The van der Waals surface area contributed by atoms with Gasteiger partial charge in [0, 0.05) is 24.3 Å². The van der Waals surface area contributed by atoms with Crippen LogP contribution in [0.5, 0.6) is 0 Å². The van der Waals surface area contributed by atoms with Gasteiger partial charge in [0.25, 0.3) is 0 Å². The van der Waals surface area contributed by atoms with Crippen LogP contribution in [0.2, 0.25) is 0 Å². The molecule has 5 nitrogen and oxygen atoms in total. The molecule has 1 amide bonds. The van der Waals surface area contributed by atoms with Crippen LogP contribution < -0.4 is 0 Å². The molecule has 2 saturated heterocycles. The number of rotatable bonds is 2. The summed E-state index contributed by atoms with van der Waals surface area (Å²) in [5, 5.41) is 0. The minimum absolute atomic E-state index is 0.0839. The third kappa shape index (κ3) is 3.39. The highest BCUT2D eigenvalue weighted by molar-refractivity contribution is 5.91. The number of hydrogen-bond acceptors (Lipinski definition) is 4. The van der Waals surface area contributed by atoms with E-state index in [0.29, 0.717) is 29.6 Å². The van der Waals surface area contributed by atoms with Crippen molar-refractivity contribution in [3.8, 4) is 0 Å². The van der Waals surface area contributed by atoms with Crippen LogP contribution in [0.15, 0.2) is 42.0 Å². The monoisotopic (exact) mass is 557 g/mol. The topological polar surface area (TPSA) is 55.8 Å². The fourth-order valence-electron chi connectivity index (χ4n) is 12.2. The largest absolute Gasteiger partial charge is 0.445 e. The lowest BCUT2D eigenvalue weighted by atomic mass is 9.56. The molecule has 0 radical (unpaired) electrons. The molecular formula is C36H47NO4. The van der Waals surface area contributed by atoms with Crippen molar-refractivity contribution in [1.82, 2.24) is 4.90 Å². The lowest BCUT2D eigenvalue weighted by molar-refractivity contribution is -0.148. The Hall–Kier alpha value is -2.14. The molecule has 0 aromatic heterocycles. The minimum Gasteiger partial charge on any atom is -0.445 e. The smallest absolute Gasteiger partial charge is 0.410 e. The van der Waals surface area contributed by atoms with Crippen molar-refractivity contribution in [2.45, 2.75) is 110 Å². The number of benzene rings is 1. The van der Waals surface area contributed by atoms with Gasteiger partial charge in [0.15, 0.2) is 5.78 Å². The molecule has 2 unspecified atom stereocenters. The van der Waals surface area contributed by atoms with E-state index in [-0.39, 0.29) is 40.6 Å². The van der Waals surface area contributed by atoms with Gasteiger partial charge in [-0.3, -0.25) is 4.79 Å². The highest BCUT2D eigenvalue weighted by Crippen LogP contribution is 2.87. The Morgan fingerprint density at radius 1 is 1.07 bits per heavy atom. The van der Waals surface area contributed by atoms with E-state index in [0.717, 1.165) is 56.0 Å². The van der Waals surface area contributed by atoms with Crippen LogP contribution in [0.1, 0.15) is 91.0 Å². The molecule has 41 heavy (non-hydrogen) atoms. The fourth-order valence-corrected chi connectivity index (χ4v) is 12.2. The second kappa shape index (κ2) is 8.71. The highest BCUT2D eigenvalue weighted by Gasteiger charge is 2.84. The van der Waals surface area contributed by atoms with Gasteiger partial charge in [-0.2, -0.15) is 0 Å². The van der Waals surface area contributed by atoms with Gasteiger partial charge in [-0.1, -0.05) is 63.6 Å². The summed E-state index contributed by atoms with van der Waals surface area (Å²) in [6, 6.07) is 10.1. The summed E-state index contributed by atoms with van der Waals surface area (Å²) in [6.45, 7) is 10.8. The van der Waals surface area contributed by atoms with Crippen LogP contribution in [0.25, 0.3) is 0 Å². The van der Waals surface area contributed by atoms with E-state index in [2.05, 4.69) is 32.6 Å². The molecule has 2 aliphatic heterocycles. The standard InChI is InChI=1S/C36H47NO4/c1-22-16-30-31(37(19-22)32(39)40-20-24-8-6-5-7-9-24)23(2)36(41-30)15-13-28-27-11-10-25-17-26(38)12-14-33(25,3)29(27)18-35(28)21-34(35,36)4/h5-9,17,22-23,27-31H,10-16,18-21H2,1-4H3/t22?,23-,27?,28+,29+,30-,31+,33+,34-,35-,36-/m1/s1. The molecule has 5 aliphatic carbocycles. The number of hydrogen-bond donors (Lipinski definition) is 0. The van der Waals surface area contributed by atoms with E-state index in [1.54, 1.807) is 0 Å². The summed E-state index contributed by atoms with van der Waals surface area (Å²) in [5.41, 5.74) is 3.02. The zero-order valence-corrected chi connectivity index (χ0v) is 25.4. The molecular weight excluding hydrogens is 510 g/mol. The Kier molecular flexibility index (Phi) is 5.62. The number of piperidine rings is 1. The number of fused-ring (bicyclic) bond motifs is 6. The van der Waals surface area contributed by atoms with Gasteiger partial charge in [0.1, 0.15) is 6.61 Å². The maximum absolute atomic E-state index is 13.6. The number of ketones is 1. The predicted octanol–water partition coefficient (Wildman–Crippen LogP) is 7.34. The van der Waals surface area contributed by atoms with Crippen LogP contribution >= 0.6 is 0 Å². The molecule has 220 valence electrons. The van der Waals surface area contributed by atoms with Crippen LogP contribution in [0.3, 0.4) is 0 Å². The third-order valence-corrected chi connectivity index (χ3v) is 14.2. The third-order valence-electron chi connectivity index (χ3n) is 14.2. The number of carbonyl (C=O) groups is 2. The van der Waals surface area contributed by atoms with Gasteiger partial charge in [0.05, 0.1) is 17.7 Å². The maximum Gasteiger partial charge on any atom is 0.410 e. The Morgan fingerprint density at radius 2 is 1.88 bits per heavy atom. The van der Waals surface area contributed by atoms with Crippen molar-refractivity contribution in [2.24, 2.45) is 45.8 Å². The molecule has 0 N–H and O–H groups in total. The number of carbonyl (C=O) groups excluding carboxylic acids is 2.